The molecule has 16 unspecified atom stereocenters. The highest BCUT2D eigenvalue weighted by Gasteiger charge is 2.64. The summed E-state index contributed by atoms with van der Waals surface area (Å²) in [5.41, 5.74) is -1.22. The number of ether oxygens (including phenoxy) is 4. The van der Waals surface area contributed by atoms with Gasteiger partial charge in [-0.15, -0.1) is 0 Å². The molecule has 16 atom stereocenters. The van der Waals surface area contributed by atoms with Gasteiger partial charge in [0.25, 0.3) is 0 Å². The summed E-state index contributed by atoms with van der Waals surface area (Å²) in [5.74, 6) is 4.03. The molecule has 0 aromatic heterocycles. The molecule has 10 aliphatic rings. The molecule has 10 fully saturated rings. The summed E-state index contributed by atoms with van der Waals surface area (Å²) >= 11 is 0. The third-order valence-electron chi connectivity index (χ3n) is 16.4. The average Bonchev–Trinajstić information content (AvgIpc) is 3.93. The fourth-order valence-corrected chi connectivity index (χ4v) is 12.9. The predicted octanol–water partition coefficient (Wildman–Crippen LogP) is 7.48. The summed E-state index contributed by atoms with van der Waals surface area (Å²) < 4.78 is 20.4. The van der Waals surface area contributed by atoms with Gasteiger partial charge in [0, 0.05) is 6.42 Å². The number of carbonyl (C=O) groups excluding carboxylic acids is 6. The van der Waals surface area contributed by atoms with Crippen LogP contribution in [0.4, 0.5) is 0 Å². The maximum Gasteiger partial charge on any atom is 0.317 e. The summed E-state index contributed by atoms with van der Waals surface area (Å²) in [5, 5.41) is 10.6. The van der Waals surface area contributed by atoms with Crippen LogP contribution in [-0.2, 0) is 47.7 Å². The Bertz CT molecular complexity index is 1530. The summed E-state index contributed by atoms with van der Waals surface area (Å²) in [6, 6.07) is 0. The van der Waals surface area contributed by atoms with E-state index in [1.54, 1.807) is 13.8 Å². The van der Waals surface area contributed by atoms with Crippen LogP contribution in [0.5, 0.6) is 0 Å². The molecule has 57 heavy (non-hydrogen) atoms. The van der Waals surface area contributed by atoms with E-state index in [0.717, 1.165) is 56.8 Å². The van der Waals surface area contributed by atoms with Crippen LogP contribution in [0.3, 0.4) is 0 Å². The van der Waals surface area contributed by atoms with Crippen molar-refractivity contribution in [3.05, 3.63) is 0 Å². The number of carbonyl (C=O) groups is 6. The SMILES string of the molecule is CC1C(=O)OC(=O)C1C.CC1C(C)C2CC1C1C(=O)OC(=O)C21.CC1C2CC(C(=O)OC(C)(C)C)C(C2)C1C.CCC(C)C(=O)OC12CC3CC(CC(O)(C3)C1)C2. The highest BCUT2D eigenvalue weighted by atomic mass is 16.6. The Morgan fingerprint density at radius 1 is 0.719 bits per heavy atom. The number of aliphatic hydroxyl groups is 1. The normalized spacial score (nSPS) is 45.8. The molecule has 2 heterocycles. The standard InChI is InChI=1S/C15H24O3.C14H24O2.C11H14O3.C6H8O3/c1-3-10(2)13(16)18-15-7-11-4-12(8-15)6-14(17,5-11)9-15;1-8-9(2)11-6-10(8)7-12(11)13(15)16-14(3,4)5;1-4-5(2)7-3-6(4)8-9(7)11(13)14-10(8)12;1-3-4(2)6(8)9-5(3)7/h10-12,17H,3-9H2,1-2H3;8-12H,6-7H2,1-5H3;4-9H,3H2,1-2H3;3-4H,1-2H3. The van der Waals surface area contributed by atoms with Gasteiger partial charge < -0.3 is 24.1 Å². The second-order valence-electron chi connectivity index (χ2n) is 21.2. The minimum atomic E-state index is -0.542. The molecule has 11 nitrogen and oxygen atoms in total. The molecule has 0 spiro atoms. The molecule has 8 saturated carbocycles. The van der Waals surface area contributed by atoms with Gasteiger partial charge in [0.2, 0.25) is 0 Å². The smallest absolute Gasteiger partial charge is 0.317 e. The Balaban J connectivity index is 0.000000132. The lowest BCUT2D eigenvalue weighted by Gasteiger charge is -2.59. The molecule has 8 aliphatic carbocycles. The van der Waals surface area contributed by atoms with Gasteiger partial charge in [-0.05, 0) is 138 Å². The molecular formula is C46H70O11. The molecule has 0 aromatic carbocycles. The minimum Gasteiger partial charge on any atom is -0.460 e. The van der Waals surface area contributed by atoms with Gasteiger partial charge in [0.1, 0.15) is 11.2 Å². The van der Waals surface area contributed by atoms with Crippen molar-refractivity contribution in [2.24, 2.45) is 94.7 Å². The second-order valence-corrected chi connectivity index (χ2v) is 21.2. The lowest BCUT2D eigenvalue weighted by Crippen LogP contribution is -2.60. The fourth-order valence-electron chi connectivity index (χ4n) is 12.9. The van der Waals surface area contributed by atoms with E-state index >= 15 is 0 Å². The average molecular weight is 799 g/mol. The van der Waals surface area contributed by atoms with Crippen molar-refractivity contribution < 1.29 is 52.8 Å². The summed E-state index contributed by atoms with van der Waals surface area (Å²) in [7, 11) is 0. The summed E-state index contributed by atoms with van der Waals surface area (Å²) in [4.78, 5) is 68.2. The monoisotopic (exact) mass is 798 g/mol. The van der Waals surface area contributed by atoms with E-state index in [1.165, 1.54) is 12.8 Å². The number of fused-ring (bicyclic) bond motifs is 7. The van der Waals surface area contributed by atoms with Crippen molar-refractivity contribution in [1.29, 1.82) is 0 Å². The van der Waals surface area contributed by atoms with Crippen LogP contribution in [0.2, 0.25) is 0 Å². The lowest BCUT2D eigenvalue weighted by molar-refractivity contribution is -0.222. The lowest BCUT2D eigenvalue weighted by atomic mass is 9.52. The Hall–Kier alpha value is -2.82. The number of rotatable bonds is 4. The van der Waals surface area contributed by atoms with Crippen LogP contribution in [0.25, 0.3) is 0 Å². The van der Waals surface area contributed by atoms with E-state index in [-0.39, 0.29) is 70.6 Å². The molecule has 0 aromatic rings. The van der Waals surface area contributed by atoms with Crippen molar-refractivity contribution in [3.8, 4) is 0 Å². The third-order valence-corrected chi connectivity index (χ3v) is 16.4. The number of hydrogen-bond acceptors (Lipinski definition) is 11. The van der Waals surface area contributed by atoms with Crippen molar-refractivity contribution in [2.75, 3.05) is 0 Å². The number of cyclic esters (lactones) is 4. The third kappa shape index (κ3) is 8.61. The minimum absolute atomic E-state index is 0.0207. The Morgan fingerprint density at radius 3 is 1.61 bits per heavy atom. The van der Waals surface area contributed by atoms with Crippen molar-refractivity contribution in [3.63, 3.8) is 0 Å². The Morgan fingerprint density at radius 2 is 1.21 bits per heavy atom. The molecule has 11 heteroatoms. The zero-order valence-electron chi connectivity index (χ0n) is 36.3. The molecule has 2 saturated heterocycles. The van der Waals surface area contributed by atoms with E-state index in [0.29, 0.717) is 53.8 Å². The first kappa shape index (κ1) is 43.8. The molecule has 0 radical (unpaired) electrons. The Labute approximate surface area is 339 Å². The van der Waals surface area contributed by atoms with E-state index < -0.39 is 17.5 Å². The van der Waals surface area contributed by atoms with Crippen LogP contribution < -0.4 is 0 Å². The molecule has 10 rings (SSSR count). The first-order chi connectivity index (χ1) is 26.5. The van der Waals surface area contributed by atoms with Crippen molar-refractivity contribution >= 4 is 35.8 Å². The molecule has 0 amide bonds. The molecule has 320 valence electrons. The zero-order valence-corrected chi connectivity index (χ0v) is 36.3. The van der Waals surface area contributed by atoms with Gasteiger partial charge in [-0.25, -0.2) is 0 Å². The summed E-state index contributed by atoms with van der Waals surface area (Å²) in [6.07, 6.45) is 9.89. The number of hydrogen-bond donors (Lipinski definition) is 1. The van der Waals surface area contributed by atoms with Gasteiger partial charge >= 0.3 is 35.8 Å². The van der Waals surface area contributed by atoms with Crippen LogP contribution in [-0.4, -0.2) is 57.7 Å². The van der Waals surface area contributed by atoms with Gasteiger partial charge in [-0.2, -0.15) is 0 Å². The fraction of sp³-hybridized carbons (Fsp3) is 0.870. The van der Waals surface area contributed by atoms with Gasteiger partial charge in [0.15, 0.2) is 0 Å². The van der Waals surface area contributed by atoms with Crippen LogP contribution >= 0.6 is 0 Å². The van der Waals surface area contributed by atoms with E-state index in [4.69, 9.17) is 14.2 Å². The highest BCUT2D eigenvalue weighted by Crippen LogP contribution is 2.61. The maximum atomic E-state index is 12.1. The molecule has 1 N–H and O–H groups in total. The first-order valence-corrected chi connectivity index (χ1v) is 22.2. The van der Waals surface area contributed by atoms with Crippen LogP contribution in [0.15, 0.2) is 0 Å². The van der Waals surface area contributed by atoms with E-state index in [1.807, 2.05) is 34.6 Å². The van der Waals surface area contributed by atoms with Gasteiger partial charge in [0.05, 0.1) is 41.1 Å². The molecular weight excluding hydrogens is 728 g/mol. The predicted molar refractivity (Wildman–Crippen MR) is 209 cm³/mol. The first-order valence-electron chi connectivity index (χ1n) is 22.2. The van der Waals surface area contributed by atoms with Crippen molar-refractivity contribution in [1.82, 2.24) is 0 Å². The topological polar surface area (TPSA) is 160 Å². The summed E-state index contributed by atoms with van der Waals surface area (Å²) in [6.45, 7) is 22.2. The van der Waals surface area contributed by atoms with Crippen LogP contribution in [0, 0.1) is 94.7 Å². The molecule has 8 bridgehead atoms. The maximum absolute atomic E-state index is 12.1. The zero-order chi connectivity index (χ0) is 42.1. The van der Waals surface area contributed by atoms with E-state index in [2.05, 4.69) is 32.4 Å². The van der Waals surface area contributed by atoms with Crippen molar-refractivity contribution in [2.45, 2.75) is 157 Å². The highest BCUT2D eigenvalue weighted by molar-refractivity contribution is 5.97. The van der Waals surface area contributed by atoms with Crippen LogP contribution in [0.1, 0.15) is 140 Å². The van der Waals surface area contributed by atoms with Gasteiger partial charge in [-0.1, -0.05) is 55.4 Å². The number of esters is 6. The largest absolute Gasteiger partial charge is 0.460 e. The Kier molecular flexibility index (Phi) is 12.3. The van der Waals surface area contributed by atoms with Gasteiger partial charge in [-0.3, -0.25) is 28.8 Å². The van der Waals surface area contributed by atoms with E-state index in [9.17, 15) is 33.9 Å². The molecule has 2 aliphatic heterocycles. The second kappa shape index (κ2) is 16.0. The quantitative estimate of drug-likeness (QED) is 0.171.